The van der Waals surface area contributed by atoms with Crippen LogP contribution in [0.1, 0.15) is 34.5 Å². The van der Waals surface area contributed by atoms with Gasteiger partial charge in [0.05, 0.1) is 25.1 Å². The summed E-state index contributed by atoms with van der Waals surface area (Å²) in [5.74, 6) is 0.632. The van der Waals surface area contributed by atoms with E-state index in [-0.39, 0.29) is 5.97 Å². The Labute approximate surface area is 153 Å². The molecule has 136 valence electrons. The Morgan fingerprint density at radius 2 is 2.07 bits per heavy atom. The number of carbonyl (C=O) groups is 1. The first-order valence-corrected chi connectivity index (χ1v) is 8.40. The Hall–Kier alpha value is -3.69. The number of hydrogen-bond acceptors (Lipinski definition) is 8. The first-order valence-electron chi connectivity index (χ1n) is 8.40. The molecular weight excluding hydrogens is 348 g/mol. The highest BCUT2D eigenvalue weighted by molar-refractivity contribution is 6.04. The number of hydrogen-bond donors (Lipinski definition) is 1. The van der Waals surface area contributed by atoms with Gasteiger partial charge in [-0.15, -0.1) is 20.4 Å². The van der Waals surface area contributed by atoms with E-state index >= 15 is 0 Å². The number of nitrogens with one attached hydrogen (secondary N) is 1. The quantitative estimate of drug-likeness (QED) is 0.505. The van der Waals surface area contributed by atoms with E-state index in [2.05, 4.69) is 36.0 Å². The molecule has 4 rings (SSSR count). The molecule has 2 aromatic carbocycles. The van der Waals surface area contributed by atoms with Crippen molar-refractivity contribution in [1.82, 2.24) is 40.8 Å². The highest BCUT2D eigenvalue weighted by Crippen LogP contribution is 2.22. The van der Waals surface area contributed by atoms with Crippen LogP contribution in [-0.4, -0.2) is 53.4 Å². The zero-order valence-electron chi connectivity index (χ0n) is 14.5. The van der Waals surface area contributed by atoms with Gasteiger partial charge >= 0.3 is 5.97 Å². The van der Waals surface area contributed by atoms with Crippen LogP contribution < -0.4 is 0 Å². The predicted octanol–water partition coefficient (Wildman–Crippen LogP) is 1.16. The minimum absolute atomic E-state index is 0.321. The number of tetrazole rings is 2. The first kappa shape index (κ1) is 16.8. The number of esters is 1. The smallest absolute Gasteiger partial charge is 0.338 e. The maximum absolute atomic E-state index is 12.3. The minimum Gasteiger partial charge on any atom is -0.462 e. The van der Waals surface area contributed by atoms with Gasteiger partial charge in [0.15, 0.2) is 11.6 Å². The van der Waals surface area contributed by atoms with E-state index in [4.69, 9.17) is 4.74 Å². The van der Waals surface area contributed by atoms with Crippen molar-refractivity contribution in [1.29, 1.82) is 0 Å². The van der Waals surface area contributed by atoms with Crippen molar-refractivity contribution in [2.24, 2.45) is 0 Å². The fraction of sp³-hybridized carbons (Fsp3) is 0.235. The second-order valence-electron chi connectivity index (χ2n) is 5.83. The number of ether oxygens (including phenoxy) is 1. The number of H-pyrrole nitrogens is 1. The summed E-state index contributed by atoms with van der Waals surface area (Å²) in [6.45, 7) is 2.48. The Kier molecular flexibility index (Phi) is 4.52. The van der Waals surface area contributed by atoms with Crippen LogP contribution in [0.3, 0.4) is 0 Å². The Balaban J connectivity index is 1.62. The number of carbonyl (C=O) groups excluding carboxylic acids is 1. The van der Waals surface area contributed by atoms with Gasteiger partial charge in [-0.25, -0.2) is 4.79 Å². The summed E-state index contributed by atoms with van der Waals surface area (Å²) in [6, 6.07) is 11.5. The SMILES string of the molecule is CCOC(=O)c1cc(Cn2nnc(Cc3nn[nH]n3)n2)cc2ccccc12. The van der Waals surface area contributed by atoms with E-state index in [1.165, 1.54) is 4.80 Å². The van der Waals surface area contributed by atoms with Crippen molar-refractivity contribution < 1.29 is 9.53 Å². The predicted molar refractivity (Wildman–Crippen MR) is 93.8 cm³/mol. The van der Waals surface area contributed by atoms with Crippen LogP contribution in [0, 0.1) is 0 Å². The average molecular weight is 364 g/mol. The summed E-state index contributed by atoms with van der Waals surface area (Å²) in [4.78, 5) is 13.8. The molecule has 0 spiro atoms. The van der Waals surface area contributed by atoms with E-state index in [9.17, 15) is 4.79 Å². The Morgan fingerprint density at radius 3 is 2.89 bits per heavy atom. The van der Waals surface area contributed by atoms with Crippen LogP contribution in [0.2, 0.25) is 0 Å². The van der Waals surface area contributed by atoms with Gasteiger partial charge < -0.3 is 4.74 Å². The molecule has 2 heterocycles. The zero-order chi connectivity index (χ0) is 18.6. The molecule has 0 atom stereocenters. The van der Waals surface area contributed by atoms with Gasteiger partial charge in [0, 0.05) is 0 Å². The lowest BCUT2D eigenvalue weighted by molar-refractivity contribution is 0.0528. The molecule has 10 nitrogen and oxygen atoms in total. The van der Waals surface area contributed by atoms with E-state index < -0.39 is 0 Å². The van der Waals surface area contributed by atoms with E-state index in [0.717, 1.165) is 16.3 Å². The highest BCUT2D eigenvalue weighted by Gasteiger charge is 2.14. The second kappa shape index (κ2) is 7.28. The monoisotopic (exact) mass is 364 g/mol. The van der Waals surface area contributed by atoms with Crippen LogP contribution in [0.4, 0.5) is 0 Å². The summed E-state index contributed by atoms with van der Waals surface area (Å²) >= 11 is 0. The fourth-order valence-corrected chi connectivity index (χ4v) is 2.82. The largest absolute Gasteiger partial charge is 0.462 e. The lowest BCUT2D eigenvalue weighted by Crippen LogP contribution is -2.09. The summed E-state index contributed by atoms with van der Waals surface area (Å²) in [5.41, 5.74) is 1.40. The molecule has 10 heteroatoms. The molecule has 1 N–H and O–H groups in total. The van der Waals surface area contributed by atoms with Crippen LogP contribution >= 0.6 is 0 Å². The van der Waals surface area contributed by atoms with Gasteiger partial charge in [-0.2, -0.15) is 10.0 Å². The molecular formula is C17H16N8O2. The van der Waals surface area contributed by atoms with Gasteiger partial charge in [0.25, 0.3) is 0 Å². The number of nitrogens with zero attached hydrogens (tertiary/aromatic N) is 7. The van der Waals surface area contributed by atoms with Crippen molar-refractivity contribution >= 4 is 16.7 Å². The first-order chi connectivity index (χ1) is 13.2. The van der Waals surface area contributed by atoms with Crippen LogP contribution in [0.25, 0.3) is 10.8 Å². The normalized spacial score (nSPS) is 11.0. The number of fused-ring (bicyclic) bond motifs is 1. The number of rotatable bonds is 6. The lowest BCUT2D eigenvalue weighted by atomic mass is 10.0. The molecule has 0 aliphatic rings. The molecule has 0 aliphatic carbocycles. The summed E-state index contributed by atoms with van der Waals surface area (Å²) in [7, 11) is 0. The molecule has 4 aromatic rings. The van der Waals surface area contributed by atoms with Crippen LogP contribution in [-0.2, 0) is 17.7 Å². The van der Waals surface area contributed by atoms with Crippen LogP contribution in [0.5, 0.6) is 0 Å². The Morgan fingerprint density at radius 1 is 1.19 bits per heavy atom. The molecule has 0 unspecified atom stereocenters. The Bertz CT molecular complexity index is 1070. The van der Waals surface area contributed by atoms with Crippen molar-refractivity contribution in [2.75, 3.05) is 6.61 Å². The summed E-state index contributed by atoms with van der Waals surface area (Å²) in [5, 5.41) is 27.8. The summed E-state index contributed by atoms with van der Waals surface area (Å²) in [6.07, 6.45) is 0.336. The lowest BCUT2D eigenvalue weighted by Gasteiger charge is -2.09. The third-order valence-corrected chi connectivity index (χ3v) is 3.94. The van der Waals surface area contributed by atoms with Crippen molar-refractivity contribution in [3.05, 3.63) is 59.2 Å². The van der Waals surface area contributed by atoms with Gasteiger partial charge in [0.2, 0.25) is 0 Å². The van der Waals surface area contributed by atoms with Crippen molar-refractivity contribution in [2.45, 2.75) is 19.9 Å². The molecule has 0 aliphatic heterocycles. The minimum atomic E-state index is -0.347. The average Bonchev–Trinajstić information content (AvgIpc) is 3.34. The number of aromatic amines is 1. The molecule has 27 heavy (non-hydrogen) atoms. The highest BCUT2D eigenvalue weighted by atomic mass is 16.5. The van der Waals surface area contributed by atoms with E-state index in [1.807, 2.05) is 36.4 Å². The summed E-state index contributed by atoms with van der Waals surface area (Å²) < 4.78 is 5.19. The molecule has 0 amide bonds. The van der Waals surface area contributed by atoms with E-state index in [1.54, 1.807) is 6.92 Å². The van der Waals surface area contributed by atoms with Gasteiger partial charge in [-0.05, 0) is 40.6 Å². The third-order valence-electron chi connectivity index (χ3n) is 3.94. The standard InChI is InChI=1S/C17H16N8O2/c1-2-27-17(26)14-8-11(7-12-5-3-4-6-13(12)14)10-25-21-16(20-24-25)9-15-18-22-23-19-15/h3-8H,2,9-10H2,1H3,(H,18,19,22,23). The van der Waals surface area contributed by atoms with Crippen molar-refractivity contribution in [3.8, 4) is 0 Å². The topological polar surface area (TPSA) is 124 Å². The van der Waals surface area contributed by atoms with Gasteiger partial charge in [-0.1, -0.05) is 29.5 Å². The van der Waals surface area contributed by atoms with Gasteiger partial charge in [0.1, 0.15) is 0 Å². The maximum atomic E-state index is 12.3. The van der Waals surface area contributed by atoms with Crippen molar-refractivity contribution in [3.63, 3.8) is 0 Å². The molecule has 2 aromatic heterocycles. The zero-order valence-corrected chi connectivity index (χ0v) is 14.5. The number of aromatic nitrogens is 8. The fourth-order valence-electron chi connectivity index (χ4n) is 2.82. The van der Waals surface area contributed by atoms with E-state index in [0.29, 0.717) is 36.8 Å². The second-order valence-corrected chi connectivity index (χ2v) is 5.83. The third kappa shape index (κ3) is 3.64. The molecule has 0 saturated carbocycles. The van der Waals surface area contributed by atoms with Gasteiger partial charge in [-0.3, -0.25) is 0 Å². The number of benzene rings is 2. The molecule has 0 fully saturated rings. The molecule has 0 bridgehead atoms. The molecule has 0 saturated heterocycles. The maximum Gasteiger partial charge on any atom is 0.338 e. The van der Waals surface area contributed by atoms with Crippen LogP contribution in [0.15, 0.2) is 36.4 Å². The molecule has 0 radical (unpaired) electrons.